The summed E-state index contributed by atoms with van der Waals surface area (Å²) in [6.07, 6.45) is 2.68. The molecule has 1 unspecified atom stereocenters. The van der Waals surface area contributed by atoms with E-state index in [2.05, 4.69) is 27.9 Å². The molecule has 0 saturated carbocycles. The van der Waals surface area contributed by atoms with Gasteiger partial charge in [-0.2, -0.15) is 5.26 Å². The predicted molar refractivity (Wildman–Crippen MR) is 67.6 cm³/mol. The van der Waals surface area contributed by atoms with E-state index in [0.29, 0.717) is 0 Å². The van der Waals surface area contributed by atoms with E-state index in [-0.39, 0.29) is 0 Å². The largest absolute Gasteiger partial charge is 0.365 e. The summed E-state index contributed by atoms with van der Waals surface area (Å²) in [6, 6.07) is 6.52. The van der Waals surface area contributed by atoms with Gasteiger partial charge in [0, 0.05) is 44.5 Å². The van der Waals surface area contributed by atoms with Gasteiger partial charge >= 0.3 is 0 Å². The fourth-order valence-corrected chi connectivity index (χ4v) is 2.37. The first-order valence-corrected chi connectivity index (χ1v) is 6.11. The lowest BCUT2D eigenvalue weighted by molar-refractivity contribution is 0.0831. The molecule has 1 atom stereocenters. The molecule has 0 spiro atoms. The Morgan fingerprint density at radius 1 is 1.41 bits per heavy atom. The molecule has 4 nitrogen and oxygen atoms in total. The highest BCUT2D eigenvalue weighted by molar-refractivity contribution is 5.16. The van der Waals surface area contributed by atoms with Crippen LogP contribution in [0.5, 0.6) is 0 Å². The molecule has 17 heavy (non-hydrogen) atoms. The number of nitrogens with zero attached hydrogens (tertiary/aromatic N) is 3. The monoisotopic (exact) mass is 232 g/mol. The normalized spacial score (nSPS) is 21.9. The quantitative estimate of drug-likeness (QED) is 0.848. The Hall–Kier alpha value is -1.31. The van der Waals surface area contributed by atoms with Crippen molar-refractivity contribution in [1.82, 2.24) is 14.8 Å². The van der Waals surface area contributed by atoms with Gasteiger partial charge in [-0.1, -0.05) is 0 Å². The minimum Gasteiger partial charge on any atom is -0.365 e. The molecule has 0 aromatic carbocycles. The fraction of sp³-hybridized carbons (Fsp3) is 0.615. The second-order valence-corrected chi connectivity index (χ2v) is 5.05. The maximum absolute atomic E-state index is 9.48. The van der Waals surface area contributed by atoms with Crippen molar-refractivity contribution < 1.29 is 0 Å². The summed E-state index contributed by atoms with van der Waals surface area (Å²) in [5, 5.41) is 9.48. The summed E-state index contributed by atoms with van der Waals surface area (Å²) in [6.45, 7) is 6.08. The van der Waals surface area contributed by atoms with Gasteiger partial charge in [0.2, 0.25) is 0 Å². The number of hydrogen-bond donors (Lipinski definition) is 1. The molecule has 92 valence electrons. The first-order chi connectivity index (χ1) is 8.14. The zero-order valence-electron chi connectivity index (χ0n) is 10.6. The Morgan fingerprint density at radius 3 is 2.65 bits per heavy atom. The second kappa shape index (κ2) is 4.91. The molecule has 0 aliphatic carbocycles. The molecule has 1 aromatic heterocycles. The van der Waals surface area contributed by atoms with Crippen molar-refractivity contribution in [2.45, 2.75) is 18.9 Å². The van der Waals surface area contributed by atoms with Crippen molar-refractivity contribution in [3.05, 3.63) is 24.0 Å². The van der Waals surface area contributed by atoms with Crippen LogP contribution in [0.3, 0.4) is 0 Å². The number of aromatic nitrogens is 1. The predicted octanol–water partition coefficient (Wildman–Crippen LogP) is 1.09. The van der Waals surface area contributed by atoms with Gasteiger partial charge in [0.05, 0.1) is 6.07 Å². The summed E-state index contributed by atoms with van der Waals surface area (Å²) in [4.78, 5) is 7.79. The van der Waals surface area contributed by atoms with Crippen LogP contribution in [-0.2, 0) is 6.42 Å². The zero-order chi connectivity index (χ0) is 12.3. The van der Waals surface area contributed by atoms with Crippen molar-refractivity contribution >= 4 is 0 Å². The molecule has 0 bridgehead atoms. The number of rotatable bonds is 3. The van der Waals surface area contributed by atoms with Crippen LogP contribution in [0.4, 0.5) is 0 Å². The summed E-state index contributed by atoms with van der Waals surface area (Å²) < 4.78 is 0. The number of nitriles is 1. The zero-order valence-corrected chi connectivity index (χ0v) is 10.6. The first-order valence-electron chi connectivity index (χ1n) is 6.11. The van der Waals surface area contributed by atoms with E-state index in [9.17, 15) is 5.26 Å². The van der Waals surface area contributed by atoms with Crippen LogP contribution in [0.25, 0.3) is 0 Å². The van der Waals surface area contributed by atoms with Gasteiger partial charge in [0.25, 0.3) is 0 Å². The van der Waals surface area contributed by atoms with Crippen LogP contribution < -0.4 is 0 Å². The molecule has 1 aliphatic rings. The van der Waals surface area contributed by atoms with Crippen LogP contribution in [0.15, 0.2) is 18.3 Å². The standard InChI is InChI=1S/C13H20N4/c1-13(11-14,10-12-4-3-5-15-12)17-8-6-16(2)7-9-17/h3-5,15H,6-10H2,1-2H3. The van der Waals surface area contributed by atoms with Gasteiger partial charge in [-0.3, -0.25) is 4.90 Å². The molecule has 2 heterocycles. The molecule has 2 rings (SSSR count). The smallest absolute Gasteiger partial charge is 0.111 e. The van der Waals surface area contributed by atoms with Gasteiger partial charge in [-0.25, -0.2) is 0 Å². The molecule has 1 saturated heterocycles. The lowest BCUT2D eigenvalue weighted by atomic mass is 9.94. The Balaban J connectivity index is 2.06. The van der Waals surface area contributed by atoms with Crippen LogP contribution in [0.1, 0.15) is 12.6 Å². The third-order valence-electron chi connectivity index (χ3n) is 3.64. The first kappa shape index (κ1) is 12.2. The van der Waals surface area contributed by atoms with Crippen molar-refractivity contribution in [3.8, 4) is 6.07 Å². The molecule has 1 aromatic rings. The summed E-state index contributed by atoms with van der Waals surface area (Å²) in [5.41, 5.74) is 0.736. The number of likely N-dealkylation sites (N-methyl/N-ethyl adjacent to an activating group) is 1. The van der Waals surface area contributed by atoms with Gasteiger partial charge in [0.15, 0.2) is 0 Å². The number of piperazine rings is 1. The van der Waals surface area contributed by atoms with Crippen molar-refractivity contribution in [2.24, 2.45) is 0 Å². The number of hydrogen-bond acceptors (Lipinski definition) is 3. The van der Waals surface area contributed by atoms with E-state index in [4.69, 9.17) is 0 Å². The Morgan fingerprint density at radius 2 is 2.12 bits per heavy atom. The highest BCUT2D eigenvalue weighted by Gasteiger charge is 2.34. The number of aromatic amines is 1. The van der Waals surface area contributed by atoms with Crippen molar-refractivity contribution in [1.29, 1.82) is 5.26 Å². The minimum atomic E-state index is -0.397. The maximum Gasteiger partial charge on any atom is 0.111 e. The summed E-state index contributed by atoms with van der Waals surface area (Å²) in [7, 11) is 2.13. The number of H-pyrrole nitrogens is 1. The van der Waals surface area contributed by atoms with Crippen LogP contribution in [0, 0.1) is 11.3 Å². The SMILES string of the molecule is CN1CCN(C(C)(C#N)Cc2ccc[nH]2)CC1. The molecular weight excluding hydrogens is 212 g/mol. The topological polar surface area (TPSA) is 46.1 Å². The van der Waals surface area contributed by atoms with E-state index >= 15 is 0 Å². The molecule has 4 heteroatoms. The lowest BCUT2D eigenvalue weighted by Crippen LogP contribution is -2.55. The highest BCUT2D eigenvalue weighted by Crippen LogP contribution is 2.21. The maximum atomic E-state index is 9.48. The second-order valence-electron chi connectivity index (χ2n) is 5.05. The van der Waals surface area contributed by atoms with Crippen molar-refractivity contribution in [3.63, 3.8) is 0 Å². The summed E-state index contributed by atoms with van der Waals surface area (Å²) in [5.74, 6) is 0. The molecule has 1 fully saturated rings. The molecule has 1 N–H and O–H groups in total. The fourth-order valence-electron chi connectivity index (χ4n) is 2.37. The van der Waals surface area contributed by atoms with E-state index < -0.39 is 5.54 Å². The molecule has 0 radical (unpaired) electrons. The van der Waals surface area contributed by atoms with E-state index in [1.165, 1.54) is 0 Å². The lowest BCUT2D eigenvalue weighted by Gasteiger charge is -2.41. The van der Waals surface area contributed by atoms with Crippen molar-refractivity contribution in [2.75, 3.05) is 33.2 Å². The third-order valence-corrected chi connectivity index (χ3v) is 3.64. The Bertz CT molecular complexity index is 384. The Labute approximate surface area is 103 Å². The molecular formula is C13H20N4. The van der Waals surface area contributed by atoms with Gasteiger partial charge in [-0.15, -0.1) is 0 Å². The number of nitrogens with one attached hydrogen (secondary N) is 1. The van der Waals surface area contributed by atoms with Gasteiger partial charge in [0.1, 0.15) is 5.54 Å². The van der Waals surface area contributed by atoms with Crippen LogP contribution >= 0.6 is 0 Å². The highest BCUT2D eigenvalue weighted by atomic mass is 15.3. The van der Waals surface area contributed by atoms with E-state index in [1.807, 2.05) is 25.3 Å². The average Bonchev–Trinajstić information content (AvgIpc) is 2.82. The van der Waals surface area contributed by atoms with E-state index in [0.717, 1.165) is 38.3 Å². The van der Waals surface area contributed by atoms with Crippen LogP contribution in [-0.4, -0.2) is 53.5 Å². The summed E-state index contributed by atoms with van der Waals surface area (Å²) >= 11 is 0. The van der Waals surface area contributed by atoms with Gasteiger partial charge in [-0.05, 0) is 26.1 Å². The third kappa shape index (κ3) is 2.68. The van der Waals surface area contributed by atoms with E-state index in [1.54, 1.807) is 0 Å². The molecule has 0 amide bonds. The molecule has 1 aliphatic heterocycles. The Kier molecular flexibility index (Phi) is 3.51. The van der Waals surface area contributed by atoms with Gasteiger partial charge < -0.3 is 9.88 Å². The average molecular weight is 232 g/mol. The minimum absolute atomic E-state index is 0.397. The van der Waals surface area contributed by atoms with Crippen LogP contribution in [0.2, 0.25) is 0 Å².